The average molecular weight is 415 g/mol. The fraction of sp³-hybridized carbons (Fsp3) is 0.333. The molecule has 1 amide bonds. The van der Waals surface area contributed by atoms with Crippen LogP contribution < -0.4 is 15.5 Å². The fourth-order valence-corrected chi connectivity index (χ4v) is 4.38. The van der Waals surface area contributed by atoms with E-state index in [1.165, 1.54) is 11.8 Å². The van der Waals surface area contributed by atoms with Crippen molar-refractivity contribution in [2.24, 2.45) is 4.40 Å². The number of hydrogen-bond donors (Lipinski definition) is 2. The molecule has 29 heavy (non-hydrogen) atoms. The Morgan fingerprint density at radius 3 is 2.59 bits per heavy atom. The van der Waals surface area contributed by atoms with Gasteiger partial charge in [-0.3, -0.25) is 4.79 Å². The molecule has 0 aliphatic carbocycles. The van der Waals surface area contributed by atoms with Gasteiger partial charge in [-0.15, -0.1) is 4.40 Å². The van der Waals surface area contributed by atoms with Gasteiger partial charge < -0.3 is 15.5 Å². The van der Waals surface area contributed by atoms with Crippen LogP contribution in [-0.4, -0.2) is 39.8 Å². The highest BCUT2D eigenvalue weighted by molar-refractivity contribution is 7.90. The summed E-state index contributed by atoms with van der Waals surface area (Å²) in [5, 5.41) is 5.90. The van der Waals surface area contributed by atoms with Gasteiger partial charge in [0.15, 0.2) is 0 Å². The van der Waals surface area contributed by atoms with Crippen molar-refractivity contribution in [1.82, 2.24) is 5.32 Å². The van der Waals surface area contributed by atoms with Gasteiger partial charge in [0.25, 0.3) is 10.0 Å². The van der Waals surface area contributed by atoms with Crippen LogP contribution >= 0.6 is 0 Å². The third kappa shape index (κ3) is 5.57. The van der Waals surface area contributed by atoms with Gasteiger partial charge in [-0.1, -0.05) is 30.3 Å². The van der Waals surface area contributed by atoms with Gasteiger partial charge in [0.2, 0.25) is 5.91 Å². The molecule has 2 aromatic rings. The van der Waals surface area contributed by atoms with Crippen molar-refractivity contribution in [2.75, 3.05) is 29.9 Å². The first-order valence-corrected chi connectivity index (χ1v) is 11.2. The van der Waals surface area contributed by atoms with Crippen LogP contribution in [0.4, 0.5) is 11.4 Å². The summed E-state index contributed by atoms with van der Waals surface area (Å²) in [5.41, 5.74) is 1.67. The highest BCUT2D eigenvalue weighted by Gasteiger charge is 2.24. The van der Waals surface area contributed by atoms with Crippen LogP contribution in [0.15, 0.2) is 63.9 Å². The number of amides is 1. The molecule has 8 heteroatoms. The zero-order valence-corrected chi connectivity index (χ0v) is 17.3. The van der Waals surface area contributed by atoms with Crippen molar-refractivity contribution in [3.63, 3.8) is 0 Å². The summed E-state index contributed by atoms with van der Waals surface area (Å²) in [6.07, 6.45) is 1.25. The maximum absolute atomic E-state index is 12.2. The average Bonchev–Trinajstić information content (AvgIpc) is 2.72. The normalized spacial score (nSPS) is 14.3. The number of para-hydroxylation sites is 2. The van der Waals surface area contributed by atoms with Crippen LogP contribution in [0.25, 0.3) is 0 Å². The number of amidine groups is 1. The molecule has 0 saturated carbocycles. The zero-order chi connectivity index (χ0) is 20.7. The molecule has 0 aromatic heterocycles. The third-order valence-electron chi connectivity index (χ3n) is 4.69. The molecule has 0 saturated heterocycles. The van der Waals surface area contributed by atoms with E-state index in [9.17, 15) is 13.2 Å². The fourth-order valence-electron chi connectivity index (χ4n) is 3.20. The number of benzene rings is 2. The number of rotatable bonds is 9. The minimum atomic E-state index is -3.71. The summed E-state index contributed by atoms with van der Waals surface area (Å²) in [5.74, 6) is 0.175. The number of fused-ring (bicyclic) bond motifs is 1. The SMILES string of the molecule is CCN(CCCNC(=O)CCC1=NS(=O)(=O)c2ccccc2N1)c1ccccc1. The Morgan fingerprint density at radius 1 is 1.10 bits per heavy atom. The third-order valence-corrected chi connectivity index (χ3v) is 6.07. The van der Waals surface area contributed by atoms with Crippen molar-refractivity contribution in [1.29, 1.82) is 0 Å². The highest BCUT2D eigenvalue weighted by Crippen LogP contribution is 2.27. The second-order valence-electron chi connectivity index (χ2n) is 6.75. The summed E-state index contributed by atoms with van der Waals surface area (Å²) < 4.78 is 28.2. The van der Waals surface area contributed by atoms with Crippen molar-refractivity contribution in [2.45, 2.75) is 31.1 Å². The molecule has 0 bridgehead atoms. The molecule has 0 fully saturated rings. The Kier molecular flexibility index (Phi) is 6.87. The molecule has 0 unspecified atom stereocenters. The Morgan fingerprint density at radius 2 is 1.83 bits per heavy atom. The lowest BCUT2D eigenvalue weighted by Crippen LogP contribution is -2.30. The molecule has 1 heterocycles. The smallest absolute Gasteiger partial charge is 0.286 e. The Hall–Kier alpha value is -2.87. The minimum absolute atomic E-state index is 0.117. The number of hydrogen-bond acceptors (Lipinski definition) is 5. The van der Waals surface area contributed by atoms with Crippen LogP contribution in [-0.2, 0) is 14.8 Å². The van der Waals surface area contributed by atoms with E-state index in [4.69, 9.17) is 0 Å². The highest BCUT2D eigenvalue weighted by atomic mass is 32.2. The van der Waals surface area contributed by atoms with E-state index in [0.717, 1.165) is 19.5 Å². The van der Waals surface area contributed by atoms with Gasteiger partial charge in [-0.05, 0) is 37.6 Å². The number of nitrogens with zero attached hydrogens (tertiary/aromatic N) is 2. The van der Waals surface area contributed by atoms with Crippen molar-refractivity contribution in [3.8, 4) is 0 Å². The van der Waals surface area contributed by atoms with Gasteiger partial charge in [0, 0.05) is 38.2 Å². The van der Waals surface area contributed by atoms with E-state index < -0.39 is 10.0 Å². The summed E-state index contributed by atoms with van der Waals surface area (Å²) in [7, 11) is -3.71. The van der Waals surface area contributed by atoms with E-state index in [-0.39, 0.29) is 23.6 Å². The Labute approximate surface area is 171 Å². The monoisotopic (exact) mass is 414 g/mol. The van der Waals surface area contributed by atoms with Gasteiger partial charge >= 0.3 is 0 Å². The second kappa shape index (κ2) is 9.56. The summed E-state index contributed by atoms with van der Waals surface area (Å²) in [6.45, 7) is 4.43. The summed E-state index contributed by atoms with van der Waals surface area (Å²) in [6, 6.07) is 16.8. The van der Waals surface area contributed by atoms with E-state index in [1.54, 1.807) is 18.2 Å². The molecule has 154 valence electrons. The van der Waals surface area contributed by atoms with Crippen LogP contribution in [0.2, 0.25) is 0 Å². The molecule has 1 aliphatic heterocycles. The van der Waals surface area contributed by atoms with Crippen molar-refractivity contribution < 1.29 is 13.2 Å². The van der Waals surface area contributed by atoms with E-state index in [2.05, 4.69) is 39.0 Å². The Balaban J connectivity index is 1.42. The molecule has 3 rings (SSSR count). The molecular weight excluding hydrogens is 388 g/mol. The molecule has 0 radical (unpaired) electrons. The van der Waals surface area contributed by atoms with Crippen molar-refractivity contribution >= 4 is 33.1 Å². The molecule has 0 atom stereocenters. The number of nitrogens with one attached hydrogen (secondary N) is 2. The van der Waals surface area contributed by atoms with Crippen LogP contribution in [0, 0.1) is 0 Å². The molecule has 1 aliphatic rings. The first-order valence-electron chi connectivity index (χ1n) is 9.76. The lowest BCUT2D eigenvalue weighted by Gasteiger charge is -2.23. The Bertz CT molecular complexity index is 974. The maximum atomic E-state index is 12.2. The number of anilines is 2. The molecule has 0 spiro atoms. The summed E-state index contributed by atoms with van der Waals surface area (Å²) >= 11 is 0. The van der Waals surface area contributed by atoms with Gasteiger partial charge in [-0.25, -0.2) is 0 Å². The number of carbonyl (C=O) groups excluding carboxylic acids is 1. The lowest BCUT2D eigenvalue weighted by atomic mass is 10.2. The topological polar surface area (TPSA) is 90.9 Å². The minimum Gasteiger partial charge on any atom is -0.372 e. The van der Waals surface area contributed by atoms with Gasteiger partial charge in [0.05, 0.1) is 5.69 Å². The zero-order valence-electron chi connectivity index (χ0n) is 16.5. The molecule has 2 N–H and O–H groups in total. The summed E-state index contributed by atoms with van der Waals surface area (Å²) in [4.78, 5) is 14.5. The predicted molar refractivity (Wildman–Crippen MR) is 116 cm³/mol. The first kappa shape index (κ1) is 20.9. The second-order valence-corrected chi connectivity index (χ2v) is 8.33. The largest absolute Gasteiger partial charge is 0.372 e. The number of sulfonamides is 1. The van der Waals surface area contributed by atoms with Crippen LogP contribution in [0.5, 0.6) is 0 Å². The van der Waals surface area contributed by atoms with E-state index in [0.29, 0.717) is 18.1 Å². The predicted octanol–water partition coefficient (Wildman–Crippen LogP) is 3.01. The van der Waals surface area contributed by atoms with Crippen molar-refractivity contribution in [3.05, 3.63) is 54.6 Å². The molecular formula is C21H26N4O3S. The molecule has 2 aromatic carbocycles. The number of carbonyl (C=O) groups is 1. The lowest BCUT2D eigenvalue weighted by molar-refractivity contribution is -0.120. The van der Waals surface area contributed by atoms with Crippen LogP contribution in [0.3, 0.4) is 0 Å². The van der Waals surface area contributed by atoms with E-state index >= 15 is 0 Å². The van der Waals surface area contributed by atoms with Crippen LogP contribution in [0.1, 0.15) is 26.2 Å². The van der Waals surface area contributed by atoms with Gasteiger partial charge in [-0.2, -0.15) is 8.42 Å². The molecule has 7 nitrogen and oxygen atoms in total. The quantitative estimate of drug-likeness (QED) is 0.616. The standard InChI is InChI=1S/C21H26N4O3S/c1-2-25(17-9-4-3-5-10-17)16-8-15-22-21(26)14-13-20-23-18-11-6-7-12-19(18)29(27,28)24-20/h3-7,9-12H,2,8,13-16H2,1H3,(H,22,26)(H,23,24). The first-order chi connectivity index (χ1) is 14.0. The van der Waals surface area contributed by atoms with Gasteiger partial charge in [0.1, 0.15) is 10.7 Å². The van der Waals surface area contributed by atoms with E-state index in [1.807, 2.05) is 18.2 Å². The maximum Gasteiger partial charge on any atom is 0.286 e.